The van der Waals surface area contributed by atoms with E-state index in [-0.39, 0.29) is 24.7 Å². The van der Waals surface area contributed by atoms with E-state index in [4.69, 9.17) is 0 Å². The van der Waals surface area contributed by atoms with E-state index in [1.165, 1.54) is 0 Å². The normalized spacial score (nSPS) is 17.4. The summed E-state index contributed by atoms with van der Waals surface area (Å²) in [6.45, 7) is 0.943. The van der Waals surface area contributed by atoms with Gasteiger partial charge in [0.1, 0.15) is 0 Å². The van der Waals surface area contributed by atoms with Gasteiger partial charge < -0.3 is 4.90 Å². The van der Waals surface area contributed by atoms with Crippen LogP contribution in [0.15, 0.2) is 42.7 Å². The van der Waals surface area contributed by atoms with E-state index >= 15 is 0 Å². The molecule has 0 spiro atoms. The minimum absolute atomic E-state index is 0.0265. The first-order valence-electron chi connectivity index (χ1n) is 7.88. The Labute approximate surface area is 141 Å². The fourth-order valence-electron chi connectivity index (χ4n) is 2.62. The number of hydrogen-bond acceptors (Lipinski definition) is 4. The highest BCUT2D eigenvalue weighted by Gasteiger charge is 2.21. The average Bonchev–Trinajstić information content (AvgIpc) is 2.97. The zero-order chi connectivity index (χ0) is 17.0. The van der Waals surface area contributed by atoms with Crippen molar-refractivity contribution in [2.45, 2.75) is 12.8 Å². The van der Waals surface area contributed by atoms with Crippen molar-refractivity contribution in [3.05, 3.63) is 48.3 Å². The number of carbonyl (C=O) groups is 1. The van der Waals surface area contributed by atoms with Gasteiger partial charge in [-0.2, -0.15) is 5.10 Å². The summed E-state index contributed by atoms with van der Waals surface area (Å²) in [5, 5.41) is 4.31. The van der Waals surface area contributed by atoms with Crippen LogP contribution in [0.3, 0.4) is 0 Å². The van der Waals surface area contributed by atoms with Crippen LogP contribution < -0.4 is 4.72 Å². The number of aryl methyl sites for hydroxylation is 1. The van der Waals surface area contributed by atoms with Gasteiger partial charge in [-0.1, -0.05) is 18.2 Å². The highest BCUT2D eigenvalue weighted by molar-refractivity contribution is 7.89. The van der Waals surface area contributed by atoms with Crippen LogP contribution in [0.4, 0.5) is 0 Å². The lowest BCUT2D eigenvalue weighted by Gasteiger charge is -2.19. The number of para-hydroxylation sites is 1. The predicted octanol–water partition coefficient (Wildman–Crippen LogP) is 0.567. The maximum absolute atomic E-state index is 12.3. The summed E-state index contributed by atoms with van der Waals surface area (Å²) in [5.74, 6) is -0.0635. The highest BCUT2D eigenvalue weighted by atomic mass is 32.2. The minimum atomic E-state index is -3.24. The molecule has 1 fully saturated rings. The molecule has 0 saturated carbocycles. The summed E-state index contributed by atoms with van der Waals surface area (Å²) in [4.78, 5) is 13.9. The molecule has 0 unspecified atom stereocenters. The van der Waals surface area contributed by atoms with Crippen LogP contribution in [0.2, 0.25) is 0 Å². The lowest BCUT2D eigenvalue weighted by atomic mass is 10.2. The van der Waals surface area contributed by atoms with Crippen molar-refractivity contribution in [1.29, 1.82) is 0 Å². The van der Waals surface area contributed by atoms with Gasteiger partial charge in [0.05, 0.1) is 17.6 Å². The standard InChI is InChI=1S/C16H20N4O3S/c21-16(19-9-8-18-24(22,23)11-10-19)7-6-14-12-17-20(13-14)15-4-2-1-3-5-15/h1-5,12-13,18H,6-11H2. The molecule has 0 bridgehead atoms. The van der Waals surface area contributed by atoms with Gasteiger partial charge in [0, 0.05) is 32.3 Å². The number of benzene rings is 1. The van der Waals surface area contributed by atoms with Gasteiger partial charge in [0.2, 0.25) is 15.9 Å². The zero-order valence-electron chi connectivity index (χ0n) is 13.3. The summed E-state index contributed by atoms with van der Waals surface area (Å²) < 4.78 is 27.2. The van der Waals surface area contributed by atoms with Crippen molar-refractivity contribution >= 4 is 15.9 Å². The van der Waals surface area contributed by atoms with Crippen LogP contribution in [0.25, 0.3) is 5.69 Å². The van der Waals surface area contributed by atoms with Crippen molar-refractivity contribution in [2.75, 3.05) is 25.4 Å². The van der Waals surface area contributed by atoms with Gasteiger partial charge in [-0.3, -0.25) is 4.79 Å². The van der Waals surface area contributed by atoms with Crippen molar-refractivity contribution in [3.8, 4) is 5.69 Å². The van der Waals surface area contributed by atoms with Crippen molar-refractivity contribution in [2.24, 2.45) is 0 Å². The smallest absolute Gasteiger partial charge is 0.222 e. The molecule has 7 nitrogen and oxygen atoms in total. The van der Waals surface area contributed by atoms with Gasteiger partial charge in [-0.15, -0.1) is 0 Å². The molecule has 2 heterocycles. The first-order valence-corrected chi connectivity index (χ1v) is 9.53. The third-order valence-corrected chi connectivity index (χ3v) is 5.33. The third kappa shape index (κ3) is 4.21. The molecule has 1 aromatic carbocycles. The Kier molecular flexibility index (Phi) is 4.96. The molecular formula is C16H20N4O3S. The predicted molar refractivity (Wildman–Crippen MR) is 90.3 cm³/mol. The summed E-state index contributed by atoms with van der Waals surface area (Å²) >= 11 is 0. The number of amides is 1. The van der Waals surface area contributed by atoms with Crippen molar-refractivity contribution < 1.29 is 13.2 Å². The molecule has 1 N–H and O–H groups in total. The third-order valence-electron chi connectivity index (χ3n) is 3.97. The van der Waals surface area contributed by atoms with Crippen molar-refractivity contribution in [1.82, 2.24) is 19.4 Å². The molecule has 1 aliphatic heterocycles. The number of nitrogens with zero attached hydrogens (tertiary/aromatic N) is 3. The van der Waals surface area contributed by atoms with E-state index in [1.54, 1.807) is 15.8 Å². The van der Waals surface area contributed by atoms with Gasteiger partial charge in [0.15, 0.2) is 0 Å². The van der Waals surface area contributed by atoms with Crippen LogP contribution in [-0.2, 0) is 21.2 Å². The van der Waals surface area contributed by atoms with E-state index in [0.717, 1.165) is 11.3 Å². The molecule has 3 rings (SSSR count). The van der Waals surface area contributed by atoms with E-state index in [9.17, 15) is 13.2 Å². The second-order valence-corrected chi connectivity index (χ2v) is 7.65. The van der Waals surface area contributed by atoms with Crippen LogP contribution in [0.5, 0.6) is 0 Å². The summed E-state index contributed by atoms with van der Waals surface area (Å²) in [7, 11) is -3.24. The summed E-state index contributed by atoms with van der Waals surface area (Å²) in [6.07, 6.45) is 4.61. The number of hydrogen-bond donors (Lipinski definition) is 1. The fourth-order valence-corrected chi connectivity index (χ4v) is 3.63. The Bertz CT molecular complexity index is 802. The maximum atomic E-state index is 12.3. The molecule has 1 aliphatic rings. The Hall–Kier alpha value is -2.19. The molecule has 1 amide bonds. The maximum Gasteiger partial charge on any atom is 0.222 e. The molecule has 1 saturated heterocycles. The largest absolute Gasteiger partial charge is 0.340 e. The summed E-state index contributed by atoms with van der Waals surface area (Å²) in [5.41, 5.74) is 1.95. The molecule has 0 atom stereocenters. The quantitative estimate of drug-likeness (QED) is 0.875. The fraction of sp³-hybridized carbons (Fsp3) is 0.375. The van der Waals surface area contributed by atoms with E-state index in [0.29, 0.717) is 19.4 Å². The number of aromatic nitrogens is 2. The molecule has 0 aliphatic carbocycles. The second kappa shape index (κ2) is 7.14. The lowest BCUT2D eigenvalue weighted by Crippen LogP contribution is -2.34. The second-order valence-electron chi connectivity index (χ2n) is 5.72. The van der Waals surface area contributed by atoms with Gasteiger partial charge in [-0.05, 0) is 24.1 Å². The SMILES string of the molecule is O=C(CCc1cnn(-c2ccccc2)c1)N1CCNS(=O)(=O)CC1. The zero-order valence-corrected chi connectivity index (χ0v) is 14.1. The van der Waals surface area contributed by atoms with Crippen LogP contribution in [-0.4, -0.2) is 54.4 Å². The molecular weight excluding hydrogens is 328 g/mol. The lowest BCUT2D eigenvalue weighted by molar-refractivity contribution is -0.130. The first kappa shape index (κ1) is 16.7. The summed E-state index contributed by atoms with van der Waals surface area (Å²) in [6, 6.07) is 9.77. The van der Waals surface area contributed by atoms with Gasteiger partial charge in [-0.25, -0.2) is 17.8 Å². The number of sulfonamides is 1. The van der Waals surface area contributed by atoms with Crippen molar-refractivity contribution in [3.63, 3.8) is 0 Å². The monoisotopic (exact) mass is 348 g/mol. The van der Waals surface area contributed by atoms with Gasteiger partial charge >= 0.3 is 0 Å². The molecule has 0 radical (unpaired) electrons. The number of carbonyl (C=O) groups excluding carboxylic acids is 1. The van der Waals surface area contributed by atoms with E-state index in [2.05, 4.69) is 9.82 Å². The van der Waals surface area contributed by atoms with Gasteiger partial charge in [0.25, 0.3) is 0 Å². The van der Waals surface area contributed by atoms with E-state index in [1.807, 2.05) is 36.5 Å². The topological polar surface area (TPSA) is 84.3 Å². The Morgan fingerprint density at radius 1 is 1.21 bits per heavy atom. The Balaban J connectivity index is 1.56. The molecule has 128 valence electrons. The van der Waals surface area contributed by atoms with Crippen LogP contribution >= 0.6 is 0 Å². The molecule has 2 aromatic rings. The molecule has 8 heteroatoms. The van der Waals surface area contributed by atoms with Crippen LogP contribution in [0.1, 0.15) is 12.0 Å². The first-order chi connectivity index (χ1) is 11.5. The molecule has 24 heavy (non-hydrogen) atoms. The van der Waals surface area contributed by atoms with E-state index < -0.39 is 10.0 Å². The average molecular weight is 348 g/mol. The number of nitrogens with one attached hydrogen (secondary N) is 1. The Morgan fingerprint density at radius 2 is 2.00 bits per heavy atom. The Morgan fingerprint density at radius 3 is 2.79 bits per heavy atom. The molecule has 1 aromatic heterocycles. The minimum Gasteiger partial charge on any atom is -0.340 e. The van der Waals surface area contributed by atoms with Crippen LogP contribution in [0, 0.1) is 0 Å². The number of rotatable bonds is 4. The highest BCUT2D eigenvalue weighted by Crippen LogP contribution is 2.10.